The number of nitrogens with one attached hydrogen (secondary N) is 1. The average Bonchev–Trinajstić information content (AvgIpc) is 3.42. The van der Waals surface area contributed by atoms with Crippen molar-refractivity contribution in [3.05, 3.63) is 54.2 Å². The van der Waals surface area contributed by atoms with Gasteiger partial charge >= 0.3 is 0 Å². The Balaban J connectivity index is 1.51. The first-order chi connectivity index (χ1) is 14.6. The van der Waals surface area contributed by atoms with Gasteiger partial charge in [-0.05, 0) is 31.2 Å². The Kier molecular flexibility index (Phi) is 4.31. The van der Waals surface area contributed by atoms with Crippen LogP contribution in [-0.4, -0.2) is 37.6 Å². The van der Waals surface area contributed by atoms with Crippen LogP contribution >= 0.6 is 0 Å². The third-order valence-electron chi connectivity index (χ3n) is 5.22. The quantitative estimate of drug-likeness (QED) is 0.567. The van der Waals surface area contributed by atoms with Gasteiger partial charge in [-0.3, -0.25) is 4.90 Å². The van der Waals surface area contributed by atoms with Crippen LogP contribution in [0.15, 0.2) is 42.9 Å². The molecule has 2 atom stereocenters. The summed E-state index contributed by atoms with van der Waals surface area (Å²) in [5, 5.41) is 14.3. The number of rotatable bonds is 3. The number of ether oxygens (including phenoxy) is 1. The fourth-order valence-electron chi connectivity index (χ4n) is 3.81. The number of hydrogen-bond acceptors (Lipinski definition) is 8. The van der Waals surface area contributed by atoms with Crippen molar-refractivity contribution in [2.45, 2.75) is 31.8 Å². The Hall–Kier alpha value is -3.61. The van der Waals surface area contributed by atoms with Crippen molar-refractivity contribution >= 4 is 23.1 Å². The van der Waals surface area contributed by atoms with Crippen molar-refractivity contribution in [2.75, 3.05) is 22.6 Å². The number of hydrogen-bond donors (Lipinski definition) is 3. The number of imidazole rings is 1. The van der Waals surface area contributed by atoms with E-state index in [9.17, 15) is 5.11 Å². The Morgan fingerprint density at radius 1 is 1.33 bits per heavy atom. The van der Waals surface area contributed by atoms with E-state index in [0.29, 0.717) is 31.2 Å². The van der Waals surface area contributed by atoms with Gasteiger partial charge < -0.3 is 25.5 Å². The molecule has 0 bridgehead atoms. The summed E-state index contributed by atoms with van der Waals surface area (Å²) in [6, 6.07) is 7.57. The smallest absolute Gasteiger partial charge is 0.221 e. The molecular formula is C21H21N7O2. The van der Waals surface area contributed by atoms with Crippen LogP contribution in [0.4, 0.5) is 23.1 Å². The molecule has 30 heavy (non-hydrogen) atoms. The summed E-state index contributed by atoms with van der Waals surface area (Å²) in [7, 11) is 0. The van der Waals surface area contributed by atoms with E-state index in [0.717, 1.165) is 16.9 Å². The zero-order chi connectivity index (χ0) is 20.7. The van der Waals surface area contributed by atoms with Gasteiger partial charge in [-0.25, -0.2) is 9.97 Å². The molecule has 0 fully saturated rings. The molecule has 0 saturated heterocycles. The number of aryl methyl sites for hydroxylation is 1. The van der Waals surface area contributed by atoms with Crippen LogP contribution < -0.4 is 16.0 Å². The van der Waals surface area contributed by atoms with Gasteiger partial charge in [-0.1, -0.05) is 11.8 Å². The van der Waals surface area contributed by atoms with Crippen molar-refractivity contribution in [1.29, 1.82) is 0 Å². The molecule has 0 radical (unpaired) electrons. The maximum Gasteiger partial charge on any atom is 0.221 e. The maximum absolute atomic E-state index is 10.9. The highest BCUT2D eigenvalue weighted by Gasteiger charge is 2.37. The molecule has 3 aromatic rings. The SMILES string of the molecule is CCOC1Nc2ccc(C#CC3(O)CCn4ccnc43)cc2N1c1ccnc(N)n1. The Morgan fingerprint density at radius 3 is 3.07 bits per heavy atom. The van der Waals surface area contributed by atoms with Crippen molar-refractivity contribution < 1.29 is 9.84 Å². The molecule has 4 heterocycles. The monoisotopic (exact) mass is 403 g/mol. The summed E-state index contributed by atoms with van der Waals surface area (Å²) in [5.41, 5.74) is 7.07. The first kappa shape index (κ1) is 18.4. The summed E-state index contributed by atoms with van der Waals surface area (Å²) < 4.78 is 7.77. The van der Waals surface area contributed by atoms with Crippen molar-refractivity contribution in [2.24, 2.45) is 0 Å². The van der Waals surface area contributed by atoms with Gasteiger partial charge in [0.1, 0.15) is 5.82 Å². The van der Waals surface area contributed by atoms with E-state index in [1.54, 1.807) is 18.5 Å². The molecule has 4 N–H and O–H groups in total. The molecule has 5 rings (SSSR count). The topological polar surface area (TPSA) is 114 Å². The van der Waals surface area contributed by atoms with E-state index >= 15 is 0 Å². The molecule has 2 aromatic heterocycles. The Labute approximate surface area is 173 Å². The van der Waals surface area contributed by atoms with Gasteiger partial charge in [0.25, 0.3) is 0 Å². The zero-order valence-electron chi connectivity index (χ0n) is 16.4. The van der Waals surface area contributed by atoms with Gasteiger partial charge in [0, 0.05) is 43.7 Å². The Bertz CT molecular complexity index is 1170. The lowest BCUT2D eigenvalue weighted by molar-refractivity contribution is 0.0909. The van der Waals surface area contributed by atoms with Crippen molar-refractivity contribution in [3.63, 3.8) is 0 Å². The van der Waals surface area contributed by atoms with Gasteiger partial charge in [0.05, 0.1) is 11.4 Å². The highest BCUT2D eigenvalue weighted by atomic mass is 16.5. The van der Waals surface area contributed by atoms with E-state index in [2.05, 4.69) is 32.1 Å². The number of benzene rings is 1. The van der Waals surface area contributed by atoms with Gasteiger partial charge in [0.15, 0.2) is 11.4 Å². The number of aromatic nitrogens is 4. The minimum absolute atomic E-state index is 0.186. The summed E-state index contributed by atoms with van der Waals surface area (Å²) in [5.74, 6) is 7.52. The molecule has 0 amide bonds. The lowest BCUT2D eigenvalue weighted by atomic mass is 10.0. The second-order valence-corrected chi connectivity index (χ2v) is 7.13. The highest BCUT2D eigenvalue weighted by molar-refractivity contribution is 5.82. The summed E-state index contributed by atoms with van der Waals surface area (Å²) >= 11 is 0. The van der Waals surface area contributed by atoms with Crippen LogP contribution in [0, 0.1) is 11.8 Å². The molecule has 1 aromatic carbocycles. The molecule has 9 nitrogen and oxygen atoms in total. The molecule has 0 aliphatic carbocycles. The molecule has 2 aliphatic heterocycles. The van der Waals surface area contributed by atoms with Gasteiger partial charge in [-0.15, -0.1) is 0 Å². The van der Waals surface area contributed by atoms with Crippen LogP contribution in [0.5, 0.6) is 0 Å². The summed E-state index contributed by atoms with van der Waals surface area (Å²) in [4.78, 5) is 14.5. The van der Waals surface area contributed by atoms with Crippen LogP contribution in [0.2, 0.25) is 0 Å². The third-order valence-corrected chi connectivity index (χ3v) is 5.22. The largest absolute Gasteiger partial charge is 0.371 e. The van der Waals surface area contributed by atoms with Gasteiger partial charge in [0.2, 0.25) is 12.3 Å². The number of anilines is 4. The second-order valence-electron chi connectivity index (χ2n) is 7.13. The predicted octanol–water partition coefficient (Wildman–Crippen LogP) is 1.78. The maximum atomic E-state index is 10.9. The molecule has 152 valence electrons. The first-order valence-corrected chi connectivity index (χ1v) is 9.74. The van der Waals surface area contributed by atoms with Gasteiger partial charge in [-0.2, -0.15) is 4.98 Å². The van der Waals surface area contributed by atoms with E-state index in [1.807, 2.05) is 40.8 Å². The van der Waals surface area contributed by atoms with E-state index in [-0.39, 0.29) is 5.95 Å². The fourth-order valence-corrected chi connectivity index (χ4v) is 3.81. The molecule has 2 unspecified atom stereocenters. The number of nitrogens with zero attached hydrogens (tertiary/aromatic N) is 5. The van der Waals surface area contributed by atoms with Crippen molar-refractivity contribution in [3.8, 4) is 11.8 Å². The standard InChI is InChI=1S/C21H21N7O2/c1-2-30-20-25-15-4-3-14(5-7-21(29)8-11-27-12-10-23-18(21)27)13-16(15)28(20)17-6-9-24-19(22)26-17/h3-4,6,9-10,12-13,20,25,29H,2,8,11H2,1H3,(H2,22,24,26). The summed E-state index contributed by atoms with van der Waals surface area (Å²) in [6.45, 7) is 3.16. The molecular weight excluding hydrogens is 382 g/mol. The van der Waals surface area contributed by atoms with Crippen LogP contribution in [-0.2, 0) is 16.9 Å². The fraction of sp³-hybridized carbons (Fsp3) is 0.286. The normalized spacial score (nSPS) is 21.5. The minimum Gasteiger partial charge on any atom is -0.371 e. The number of aliphatic hydroxyl groups is 1. The van der Waals surface area contributed by atoms with Crippen molar-refractivity contribution in [1.82, 2.24) is 19.5 Å². The predicted molar refractivity (Wildman–Crippen MR) is 112 cm³/mol. The molecule has 0 saturated carbocycles. The highest BCUT2D eigenvalue weighted by Crippen LogP contribution is 2.40. The van der Waals surface area contributed by atoms with E-state index < -0.39 is 12.0 Å². The summed E-state index contributed by atoms with van der Waals surface area (Å²) in [6.07, 6.45) is 5.25. The van der Waals surface area contributed by atoms with Crippen LogP contribution in [0.3, 0.4) is 0 Å². The number of nitrogens with two attached hydrogens (primary N) is 1. The van der Waals surface area contributed by atoms with Crippen LogP contribution in [0.1, 0.15) is 24.7 Å². The third kappa shape index (κ3) is 3.03. The van der Waals surface area contributed by atoms with E-state index in [1.165, 1.54) is 0 Å². The van der Waals surface area contributed by atoms with Crippen LogP contribution in [0.25, 0.3) is 0 Å². The van der Waals surface area contributed by atoms with E-state index in [4.69, 9.17) is 10.5 Å². The first-order valence-electron chi connectivity index (χ1n) is 9.74. The average molecular weight is 403 g/mol. The molecule has 0 spiro atoms. The lowest BCUT2D eigenvalue weighted by Crippen LogP contribution is -2.35. The molecule has 9 heteroatoms. The number of fused-ring (bicyclic) bond motifs is 2. The minimum atomic E-state index is -1.24. The number of nitrogen functional groups attached to an aromatic ring is 1. The Morgan fingerprint density at radius 2 is 2.23 bits per heavy atom. The molecule has 2 aliphatic rings. The second kappa shape index (κ2) is 7.02. The lowest BCUT2D eigenvalue weighted by Gasteiger charge is -2.25. The zero-order valence-corrected chi connectivity index (χ0v) is 16.4.